The average molecular weight is 464 g/mol. The number of aromatic nitrogens is 1. The average Bonchev–Trinajstić information content (AvgIpc) is 3.18. The van der Waals surface area contributed by atoms with Crippen LogP contribution in [0.4, 0.5) is 13.9 Å². The minimum absolute atomic E-state index is 0.0163. The number of benzene rings is 2. The quantitative estimate of drug-likeness (QED) is 0.627. The van der Waals surface area contributed by atoms with E-state index < -0.39 is 27.5 Å². The second kappa shape index (κ2) is 8.81. The van der Waals surface area contributed by atoms with Crippen LogP contribution in [0, 0.1) is 11.6 Å². The zero-order chi connectivity index (χ0) is 22.0. The molecule has 0 saturated carbocycles. The summed E-state index contributed by atoms with van der Waals surface area (Å²) in [5.41, 5.74) is 0.563. The molecule has 1 saturated heterocycles. The van der Waals surface area contributed by atoms with E-state index in [4.69, 9.17) is 0 Å². The van der Waals surface area contributed by atoms with E-state index in [1.807, 2.05) is 11.0 Å². The van der Waals surface area contributed by atoms with Gasteiger partial charge in [-0.3, -0.25) is 9.69 Å². The summed E-state index contributed by atoms with van der Waals surface area (Å²) in [4.78, 5) is 19.2. The molecule has 1 aliphatic heterocycles. The molecule has 1 atom stereocenters. The standard InChI is InChI=1S/C21H19F2N3O3S2/c22-15-7-4-8-16(23)18(15)17-13-30-21(24-17)25-20(27)19(14-5-2-1-3-6-14)26-9-11-31(28,29)12-10-26/h1-8,13,19H,9-12H2,(H,24,25,27). The van der Waals surface area contributed by atoms with Gasteiger partial charge in [0.05, 0.1) is 22.8 Å². The van der Waals surface area contributed by atoms with Gasteiger partial charge >= 0.3 is 0 Å². The number of hydrogen-bond acceptors (Lipinski definition) is 6. The SMILES string of the molecule is O=C(Nc1nc(-c2c(F)cccc2F)cs1)C(c1ccccc1)N1CCS(=O)(=O)CC1. The van der Waals surface area contributed by atoms with Crippen molar-refractivity contribution in [1.29, 1.82) is 0 Å². The van der Waals surface area contributed by atoms with Gasteiger partial charge in [-0.2, -0.15) is 0 Å². The van der Waals surface area contributed by atoms with Crippen molar-refractivity contribution in [3.05, 3.63) is 71.1 Å². The molecule has 1 aliphatic rings. The molecule has 1 unspecified atom stereocenters. The summed E-state index contributed by atoms with van der Waals surface area (Å²) < 4.78 is 51.7. The third-order valence-electron chi connectivity index (χ3n) is 5.06. The van der Waals surface area contributed by atoms with Crippen molar-refractivity contribution in [3.63, 3.8) is 0 Å². The molecular weight excluding hydrogens is 444 g/mol. The molecular formula is C21H19F2N3O3S2. The Bertz CT molecular complexity index is 1170. The number of thiazole rings is 1. The molecule has 2 aromatic carbocycles. The van der Waals surface area contributed by atoms with Crippen molar-refractivity contribution in [2.45, 2.75) is 6.04 Å². The maximum atomic E-state index is 14.0. The van der Waals surface area contributed by atoms with Gasteiger partial charge in [0, 0.05) is 18.5 Å². The molecule has 2 heterocycles. The van der Waals surface area contributed by atoms with E-state index in [1.54, 1.807) is 24.3 Å². The molecule has 162 valence electrons. The molecule has 6 nitrogen and oxygen atoms in total. The minimum atomic E-state index is -3.11. The second-order valence-corrected chi connectivity index (χ2v) is 10.3. The smallest absolute Gasteiger partial charge is 0.248 e. The molecule has 0 aliphatic carbocycles. The van der Waals surface area contributed by atoms with Crippen LogP contribution in [0.25, 0.3) is 11.3 Å². The van der Waals surface area contributed by atoms with Gasteiger partial charge < -0.3 is 5.32 Å². The molecule has 4 rings (SSSR count). The first kappa shape index (κ1) is 21.5. The zero-order valence-corrected chi connectivity index (χ0v) is 17.9. The van der Waals surface area contributed by atoms with Crippen LogP contribution >= 0.6 is 11.3 Å². The normalized spacial score (nSPS) is 17.2. The van der Waals surface area contributed by atoms with E-state index >= 15 is 0 Å². The molecule has 0 radical (unpaired) electrons. The molecule has 1 N–H and O–H groups in total. The van der Waals surface area contributed by atoms with Gasteiger partial charge in [-0.1, -0.05) is 36.4 Å². The van der Waals surface area contributed by atoms with Crippen LogP contribution in [0.2, 0.25) is 0 Å². The summed E-state index contributed by atoms with van der Waals surface area (Å²) in [6.07, 6.45) is 0. The van der Waals surface area contributed by atoms with Gasteiger partial charge in [0.1, 0.15) is 17.7 Å². The lowest BCUT2D eigenvalue weighted by Gasteiger charge is -2.33. The van der Waals surface area contributed by atoms with Crippen LogP contribution in [-0.4, -0.2) is 48.8 Å². The highest BCUT2D eigenvalue weighted by atomic mass is 32.2. The van der Waals surface area contributed by atoms with Gasteiger partial charge in [-0.25, -0.2) is 22.2 Å². The topological polar surface area (TPSA) is 79.4 Å². The van der Waals surface area contributed by atoms with E-state index in [9.17, 15) is 22.0 Å². The molecule has 1 aromatic heterocycles. The summed E-state index contributed by atoms with van der Waals surface area (Å²) in [6.45, 7) is 0.470. The van der Waals surface area contributed by atoms with Crippen LogP contribution < -0.4 is 5.32 Å². The van der Waals surface area contributed by atoms with Gasteiger partial charge in [-0.05, 0) is 17.7 Å². The number of carbonyl (C=O) groups is 1. The first-order valence-corrected chi connectivity index (χ1v) is 12.2. The minimum Gasteiger partial charge on any atom is -0.300 e. The lowest BCUT2D eigenvalue weighted by atomic mass is 10.0. The number of hydrogen-bond donors (Lipinski definition) is 1. The maximum absolute atomic E-state index is 14.0. The number of amides is 1. The summed E-state index contributed by atoms with van der Waals surface area (Å²) in [5.74, 6) is -1.89. The van der Waals surface area contributed by atoms with Crippen molar-refractivity contribution in [1.82, 2.24) is 9.88 Å². The third kappa shape index (κ3) is 4.81. The van der Waals surface area contributed by atoms with Gasteiger partial charge in [0.15, 0.2) is 15.0 Å². The van der Waals surface area contributed by atoms with E-state index in [-0.39, 0.29) is 46.9 Å². The van der Waals surface area contributed by atoms with Crippen LogP contribution in [0.1, 0.15) is 11.6 Å². The highest BCUT2D eigenvalue weighted by Crippen LogP contribution is 2.30. The van der Waals surface area contributed by atoms with E-state index in [2.05, 4.69) is 10.3 Å². The number of nitrogens with zero attached hydrogens (tertiary/aromatic N) is 2. The predicted octanol–water partition coefficient (Wildman–Crippen LogP) is 3.50. The second-order valence-electron chi connectivity index (χ2n) is 7.12. The first-order chi connectivity index (χ1) is 14.8. The summed E-state index contributed by atoms with van der Waals surface area (Å²) in [5, 5.41) is 4.40. The molecule has 1 amide bonds. The number of anilines is 1. The zero-order valence-electron chi connectivity index (χ0n) is 16.3. The summed E-state index contributed by atoms with van der Waals surface area (Å²) >= 11 is 1.06. The number of nitrogens with one attached hydrogen (secondary N) is 1. The summed E-state index contributed by atoms with van der Waals surface area (Å²) in [6, 6.07) is 11.9. The van der Waals surface area contributed by atoms with Crippen molar-refractivity contribution in [2.75, 3.05) is 29.9 Å². The lowest BCUT2D eigenvalue weighted by Crippen LogP contribution is -2.46. The van der Waals surface area contributed by atoms with Gasteiger partial charge in [0.25, 0.3) is 0 Å². The molecule has 10 heteroatoms. The predicted molar refractivity (Wildman–Crippen MR) is 116 cm³/mol. The fraction of sp³-hybridized carbons (Fsp3) is 0.238. The first-order valence-electron chi connectivity index (χ1n) is 9.54. The van der Waals surface area contributed by atoms with Crippen LogP contribution in [0.5, 0.6) is 0 Å². The van der Waals surface area contributed by atoms with Crippen LogP contribution in [0.3, 0.4) is 0 Å². The Balaban J connectivity index is 1.58. The molecule has 1 fully saturated rings. The maximum Gasteiger partial charge on any atom is 0.248 e. The highest BCUT2D eigenvalue weighted by molar-refractivity contribution is 7.91. The Kier molecular flexibility index (Phi) is 6.12. The Morgan fingerprint density at radius 3 is 2.32 bits per heavy atom. The Hall–Kier alpha value is -2.69. The van der Waals surface area contributed by atoms with Crippen molar-refractivity contribution >= 4 is 32.2 Å². The number of carbonyl (C=O) groups excluding carboxylic acids is 1. The monoisotopic (exact) mass is 463 g/mol. The number of sulfone groups is 1. The van der Waals surface area contributed by atoms with E-state index in [1.165, 1.54) is 11.4 Å². The molecule has 0 bridgehead atoms. The van der Waals surface area contributed by atoms with Crippen LogP contribution in [-0.2, 0) is 14.6 Å². The molecule has 3 aromatic rings. The van der Waals surface area contributed by atoms with Crippen LogP contribution in [0.15, 0.2) is 53.9 Å². The van der Waals surface area contributed by atoms with Crippen molar-refractivity contribution in [2.24, 2.45) is 0 Å². The number of rotatable bonds is 5. The Morgan fingerprint density at radius 2 is 1.68 bits per heavy atom. The Morgan fingerprint density at radius 1 is 1.03 bits per heavy atom. The highest BCUT2D eigenvalue weighted by Gasteiger charge is 2.33. The lowest BCUT2D eigenvalue weighted by molar-refractivity contribution is -0.121. The molecule has 31 heavy (non-hydrogen) atoms. The largest absolute Gasteiger partial charge is 0.300 e. The van der Waals surface area contributed by atoms with Gasteiger partial charge in [0.2, 0.25) is 5.91 Å². The fourth-order valence-electron chi connectivity index (χ4n) is 3.51. The third-order valence-corrected chi connectivity index (χ3v) is 7.43. The van der Waals surface area contributed by atoms with E-state index in [0.29, 0.717) is 0 Å². The Labute approximate surface area is 182 Å². The van der Waals surface area contributed by atoms with Gasteiger partial charge in [-0.15, -0.1) is 11.3 Å². The number of halogens is 2. The fourth-order valence-corrected chi connectivity index (χ4v) is 5.44. The van der Waals surface area contributed by atoms with Crippen molar-refractivity contribution < 1.29 is 22.0 Å². The summed E-state index contributed by atoms with van der Waals surface area (Å²) in [7, 11) is -3.11. The molecule has 0 spiro atoms. The van der Waals surface area contributed by atoms with E-state index in [0.717, 1.165) is 29.0 Å². The van der Waals surface area contributed by atoms with Crippen molar-refractivity contribution in [3.8, 4) is 11.3 Å².